The van der Waals surface area contributed by atoms with Gasteiger partial charge in [0, 0.05) is 10.9 Å². The van der Waals surface area contributed by atoms with E-state index in [1.54, 1.807) is 12.1 Å². The number of hydrogen-bond acceptors (Lipinski definition) is 4. The Morgan fingerprint density at radius 1 is 1.15 bits per heavy atom. The molecule has 2 heterocycles. The lowest BCUT2D eigenvalue weighted by atomic mass is 10.2. The molecule has 4 aromatic rings. The number of rotatable bonds is 3. The van der Waals surface area contributed by atoms with Gasteiger partial charge in [0.2, 0.25) is 4.96 Å². The summed E-state index contributed by atoms with van der Waals surface area (Å²) in [5.74, 6) is -1.80. The van der Waals surface area contributed by atoms with Crippen LogP contribution in [0.15, 0.2) is 47.8 Å². The third-order valence-electron chi connectivity index (χ3n) is 3.64. The normalized spacial score (nSPS) is 11.0. The third kappa shape index (κ3) is 2.93. The summed E-state index contributed by atoms with van der Waals surface area (Å²) >= 11 is 7.20. The van der Waals surface area contributed by atoms with Crippen molar-refractivity contribution in [1.82, 2.24) is 14.6 Å². The summed E-state index contributed by atoms with van der Waals surface area (Å²) in [6.45, 7) is 0. The summed E-state index contributed by atoms with van der Waals surface area (Å²) in [5.41, 5.74) is 1.17. The second kappa shape index (κ2) is 6.47. The molecule has 2 aromatic heterocycles. The molecule has 0 aliphatic carbocycles. The first-order valence-electron chi connectivity index (χ1n) is 7.38. The number of fused-ring (bicyclic) bond motifs is 1. The van der Waals surface area contributed by atoms with Gasteiger partial charge in [-0.2, -0.15) is 4.98 Å². The molecule has 0 bridgehead atoms. The van der Waals surface area contributed by atoms with E-state index in [9.17, 15) is 13.6 Å². The summed E-state index contributed by atoms with van der Waals surface area (Å²) in [6.07, 6.45) is 0. The predicted octanol–water partition coefficient (Wildman–Crippen LogP) is 4.64. The average Bonchev–Trinajstić information content (AvgIpc) is 3.15. The van der Waals surface area contributed by atoms with Gasteiger partial charge < -0.3 is 0 Å². The topological polar surface area (TPSA) is 59.3 Å². The molecule has 0 fully saturated rings. The first-order chi connectivity index (χ1) is 12.5. The molecular weight excluding hydrogens is 382 g/mol. The molecule has 0 aliphatic rings. The fourth-order valence-corrected chi connectivity index (χ4v) is 3.51. The molecule has 0 atom stereocenters. The van der Waals surface area contributed by atoms with Crippen LogP contribution in [0.2, 0.25) is 5.02 Å². The summed E-state index contributed by atoms with van der Waals surface area (Å²) in [6, 6.07) is 9.91. The third-order valence-corrected chi connectivity index (χ3v) is 4.77. The van der Waals surface area contributed by atoms with Crippen LogP contribution in [-0.4, -0.2) is 20.5 Å². The quantitative estimate of drug-likeness (QED) is 0.554. The standard InChI is InChI=1S/C17H9ClF2N4OS/c18-11-2-1-3-12(20)14(11)15(25)21-16-22-17-24(23-16)13(8-26-17)9-4-6-10(19)7-5-9/h1-8H,(H,21,23,25). The number of nitrogens with zero attached hydrogens (tertiary/aromatic N) is 3. The zero-order chi connectivity index (χ0) is 18.3. The van der Waals surface area contributed by atoms with E-state index in [2.05, 4.69) is 15.4 Å². The molecular formula is C17H9ClF2N4OS. The van der Waals surface area contributed by atoms with Crippen LogP contribution in [0.25, 0.3) is 16.2 Å². The molecule has 5 nitrogen and oxygen atoms in total. The monoisotopic (exact) mass is 390 g/mol. The number of aromatic nitrogens is 3. The molecule has 1 amide bonds. The molecule has 0 saturated heterocycles. The van der Waals surface area contributed by atoms with Crippen molar-refractivity contribution in [2.75, 3.05) is 5.32 Å². The van der Waals surface area contributed by atoms with Gasteiger partial charge in [-0.25, -0.2) is 13.3 Å². The Morgan fingerprint density at radius 3 is 2.65 bits per heavy atom. The van der Waals surface area contributed by atoms with E-state index in [1.807, 2.05) is 5.38 Å². The van der Waals surface area contributed by atoms with Gasteiger partial charge in [0.1, 0.15) is 11.6 Å². The van der Waals surface area contributed by atoms with Crippen LogP contribution < -0.4 is 5.32 Å². The van der Waals surface area contributed by atoms with Gasteiger partial charge in [0.05, 0.1) is 16.3 Å². The van der Waals surface area contributed by atoms with Gasteiger partial charge in [0.15, 0.2) is 0 Å². The van der Waals surface area contributed by atoms with Crippen LogP contribution in [0, 0.1) is 11.6 Å². The molecule has 0 saturated carbocycles. The van der Waals surface area contributed by atoms with E-state index in [0.717, 1.165) is 11.6 Å². The highest BCUT2D eigenvalue weighted by molar-refractivity contribution is 7.15. The Morgan fingerprint density at radius 2 is 1.92 bits per heavy atom. The molecule has 130 valence electrons. The highest BCUT2D eigenvalue weighted by Gasteiger charge is 2.19. The number of nitrogens with one attached hydrogen (secondary N) is 1. The number of carbonyl (C=O) groups excluding carboxylic acids is 1. The number of carbonyl (C=O) groups is 1. The van der Waals surface area contributed by atoms with Gasteiger partial charge in [-0.3, -0.25) is 10.1 Å². The van der Waals surface area contributed by atoms with E-state index in [0.29, 0.717) is 10.7 Å². The van der Waals surface area contributed by atoms with Crippen LogP contribution in [0.3, 0.4) is 0 Å². The minimum Gasteiger partial charge on any atom is -0.289 e. The molecule has 0 radical (unpaired) electrons. The smallest absolute Gasteiger partial charge is 0.262 e. The van der Waals surface area contributed by atoms with E-state index >= 15 is 0 Å². The van der Waals surface area contributed by atoms with Crippen LogP contribution >= 0.6 is 22.9 Å². The Balaban J connectivity index is 1.66. The van der Waals surface area contributed by atoms with Crippen molar-refractivity contribution in [2.45, 2.75) is 0 Å². The molecule has 0 unspecified atom stereocenters. The maximum absolute atomic E-state index is 13.8. The lowest BCUT2D eigenvalue weighted by molar-refractivity contribution is 0.102. The second-order valence-corrected chi connectivity index (χ2v) is 6.55. The first kappa shape index (κ1) is 16.6. The fraction of sp³-hybridized carbons (Fsp3) is 0. The lowest BCUT2D eigenvalue weighted by Crippen LogP contribution is -2.15. The van der Waals surface area contributed by atoms with Crippen molar-refractivity contribution >= 4 is 39.8 Å². The molecule has 1 N–H and O–H groups in total. The van der Waals surface area contributed by atoms with Crippen molar-refractivity contribution in [3.63, 3.8) is 0 Å². The second-order valence-electron chi connectivity index (χ2n) is 5.31. The van der Waals surface area contributed by atoms with E-state index in [1.165, 1.54) is 40.1 Å². The van der Waals surface area contributed by atoms with Crippen molar-refractivity contribution in [1.29, 1.82) is 0 Å². The van der Waals surface area contributed by atoms with Crippen molar-refractivity contribution in [2.24, 2.45) is 0 Å². The summed E-state index contributed by atoms with van der Waals surface area (Å²) in [7, 11) is 0. The number of benzene rings is 2. The number of anilines is 1. The molecule has 2 aromatic carbocycles. The van der Waals surface area contributed by atoms with Crippen LogP contribution in [0.1, 0.15) is 10.4 Å². The van der Waals surface area contributed by atoms with Gasteiger partial charge in [-0.1, -0.05) is 17.7 Å². The Hall–Kier alpha value is -2.84. The Kier molecular flexibility index (Phi) is 4.14. The minimum absolute atomic E-state index is 0.00415. The number of amides is 1. The van der Waals surface area contributed by atoms with Gasteiger partial charge in [0.25, 0.3) is 11.9 Å². The largest absolute Gasteiger partial charge is 0.289 e. The molecule has 0 aliphatic heterocycles. The minimum atomic E-state index is -0.741. The Bertz CT molecular complexity index is 1100. The van der Waals surface area contributed by atoms with E-state index in [4.69, 9.17) is 11.6 Å². The van der Waals surface area contributed by atoms with E-state index < -0.39 is 11.7 Å². The van der Waals surface area contributed by atoms with Crippen LogP contribution in [0.4, 0.5) is 14.7 Å². The fourth-order valence-electron chi connectivity index (χ4n) is 2.43. The average molecular weight is 391 g/mol. The number of hydrogen-bond donors (Lipinski definition) is 1. The van der Waals surface area contributed by atoms with Crippen LogP contribution in [0.5, 0.6) is 0 Å². The highest BCUT2D eigenvalue weighted by Crippen LogP contribution is 2.26. The van der Waals surface area contributed by atoms with Crippen molar-refractivity contribution in [3.05, 3.63) is 70.1 Å². The predicted molar refractivity (Wildman–Crippen MR) is 95.6 cm³/mol. The summed E-state index contributed by atoms with van der Waals surface area (Å²) in [4.78, 5) is 17.0. The maximum Gasteiger partial charge on any atom is 0.262 e. The molecule has 26 heavy (non-hydrogen) atoms. The summed E-state index contributed by atoms with van der Waals surface area (Å²) in [5, 5.41) is 8.48. The zero-order valence-electron chi connectivity index (χ0n) is 12.9. The molecule has 9 heteroatoms. The number of halogens is 3. The zero-order valence-corrected chi connectivity index (χ0v) is 14.5. The van der Waals surface area contributed by atoms with Crippen molar-refractivity contribution in [3.8, 4) is 11.3 Å². The maximum atomic E-state index is 13.8. The molecule has 4 rings (SSSR count). The van der Waals surface area contributed by atoms with E-state index in [-0.39, 0.29) is 22.4 Å². The molecule has 0 spiro atoms. The first-order valence-corrected chi connectivity index (χ1v) is 8.64. The summed E-state index contributed by atoms with van der Waals surface area (Å²) < 4.78 is 28.5. The number of thiazole rings is 1. The lowest BCUT2D eigenvalue weighted by Gasteiger charge is -2.04. The SMILES string of the molecule is O=C(Nc1nc2scc(-c3ccc(F)cc3)n2n1)c1c(F)cccc1Cl. The van der Waals surface area contributed by atoms with Crippen LogP contribution in [-0.2, 0) is 0 Å². The highest BCUT2D eigenvalue weighted by atomic mass is 35.5. The Labute approximate surface area is 154 Å². The van der Waals surface area contributed by atoms with Gasteiger partial charge in [-0.05, 0) is 36.4 Å². The van der Waals surface area contributed by atoms with Crippen molar-refractivity contribution < 1.29 is 13.6 Å². The van der Waals surface area contributed by atoms with Gasteiger partial charge in [-0.15, -0.1) is 16.4 Å². The van der Waals surface area contributed by atoms with Gasteiger partial charge >= 0.3 is 0 Å².